The highest BCUT2D eigenvalue weighted by Gasteiger charge is 2.10. The van der Waals surface area contributed by atoms with Crippen molar-refractivity contribution < 1.29 is 9.18 Å². The molecular formula is C19H19ClFNO. The third-order valence-corrected chi connectivity index (χ3v) is 3.84. The first-order valence-electron chi connectivity index (χ1n) is 7.42. The molecule has 23 heavy (non-hydrogen) atoms. The first kappa shape index (κ1) is 17.2. The molecule has 0 atom stereocenters. The number of hydrogen-bond acceptors (Lipinski definition) is 1. The van der Waals surface area contributed by atoms with E-state index in [1.807, 2.05) is 25.1 Å². The Bertz CT molecular complexity index is 753. The normalized spacial score (nSPS) is 11.2. The van der Waals surface area contributed by atoms with E-state index in [1.54, 1.807) is 12.1 Å². The minimum atomic E-state index is -0.477. The summed E-state index contributed by atoms with van der Waals surface area (Å²) in [5.74, 6) is -0.401. The molecule has 0 heterocycles. The number of rotatable bonds is 4. The number of aryl methyl sites for hydroxylation is 1. The molecule has 0 aliphatic carbocycles. The summed E-state index contributed by atoms with van der Waals surface area (Å²) in [6.07, 6.45) is 3.02. The molecular weight excluding hydrogens is 313 g/mol. The molecule has 0 saturated heterocycles. The number of carbonyl (C=O) groups is 1. The highest BCUT2D eigenvalue weighted by molar-refractivity contribution is 6.30. The third kappa shape index (κ3) is 4.42. The van der Waals surface area contributed by atoms with Crippen LogP contribution in [0, 0.1) is 12.7 Å². The van der Waals surface area contributed by atoms with Crippen LogP contribution in [0.15, 0.2) is 42.5 Å². The zero-order valence-electron chi connectivity index (χ0n) is 13.4. The number of amides is 1. The Labute approximate surface area is 141 Å². The summed E-state index contributed by atoms with van der Waals surface area (Å²) in [4.78, 5) is 12.2. The van der Waals surface area contributed by atoms with Gasteiger partial charge in [-0.15, -0.1) is 0 Å². The van der Waals surface area contributed by atoms with Crippen LogP contribution < -0.4 is 5.32 Å². The van der Waals surface area contributed by atoms with E-state index in [9.17, 15) is 9.18 Å². The zero-order valence-corrected chi connectivity index (χ0v) is 14.1. The van der Waals surface area contributed by atoms with Gasteiger partial charge in [-0.3, -0.25) is 4.79 Å². The largest absolute Gasteiger partial charge is 0.322 e. The van der Waals surface area contributed by atoms with E-state index < -0.39 is 5.82 Å². The molecule has 2 aromatic carbocycles. The number of halogens is 2. The SMILES string of the molecule is Cc1cccc(C(C)C)c1NC(=O)/C=C/c1ccc(F)c(Cl)c1. The molecule has 0 saturated carbocycles. The molecule has 0 bridgehead atoms. The van der Waals surface area contributed by atoms with Crippen molar-refractivity contribution in [1.29, 1.82) is 0 Å². The lowest BCUT2D eigenvalue weighted by atomic mass is 9.98. The number of benzene rings is 2. The van der Waals surface area contributed by atoms with Gasteiger partial charge in [-0.05, 0) is 47.7 Å². The minimum absolute atomic E-state index is 0.0357. The molecule has 0 radical (unpaired) electrons. The average molecular weight is 332 g/mol. The number of nitrogens with one attached hydrogen (secondary N) is 1. The molecule has 0 aromatic heterocycles. The molecule has 4 heteroatoms. The molecule has 2 nitrogen and oxygen atoms in total. The van der Waals surface area contributed by atoms with Crippen molar-refractivity contribution >= 4 is 29.3 Å². The minimum Gasteiger partial charge on any atom is -0.322 e. The van der Waals surface area contributed by atoms with Gasteiger partial charge in [-0.25, -0.2) is 4.39 Å². The van der Waals surface area contributed by atoms with E-state index in [-0.39, 0.29) is 10.9 Å². The fraction of sp³-hybridized carbons (Fsp3) is 0.211. The molecule has 2 rings (SSSR count). The predicted octanol–water partition coefficient (Wildman–Crippen LogP) is 5.56. The van der Waals surface area contributed by atoms with E-state index in [0.29, 0.717) is 11.5 Å². The molecule has 1 amide bonds. The van der Waals surface area contributed by atoms with Crippen LogP contribution in [0.5, 0.6) is 0 Å². The second-order valence-electron chi connectivity index (χ2n) is 5.69. The van der Waals surface area contributed by atoms with Crippen LogP contribution in [-0.4, -0.2) is 5.91 Å². The van der Waals surface area contributed by atoms with Crippen LogP contribution in [-0.2, 0) is 4.79 Å². The average Bonchev–Trinajstić information content (AvgIpc) is 2.50. The fourth-order valence-electron chi connectivity index (χ4n) is 2.30. The van der Waals surface area contributed by atoms with E-state index >= 15 is 0 Å². The molecule has 0 spiro atoms. The van der Waals surface area contributed by atoms with E-state index in [2.05, 4.69) is 19.2 Å². The quantitative estimate of drug-likeness (QED) is 0.730. The Kier molecular flexibility index (Phi) is 5.56. The van der Waals surface area contributed by atoms with Crippen molar-refractivity contribution in [3.05, 3.63) is 70.0 Å². The maximum absolute atomic E-state index is 13.1. The van der Waals surface area contributed by atoms with Crippen LogP contribution >= 0.6 is 11.6 Å². The second kappa shape index (κ2) is 7.42. The standard InChI is InChI=1S/C19H19ClFNO/c1-12(2)15-6-4-5-13(3)19(15)22-18(23)10-8-14-7-9-17(21)16(20)11-14/h4-12H,1-3H3,(H,22,23)/b10-8+. The van der Waals surface area contributed by atoms with Crippen LogP contribution in [0.1, 0.15) is 36.5 Å². The lowest BCUT2D eigenvalue weighted by Crippen LogP contribution is -2.11. The van der Waals surface area contributed by atoms with Crippen molar-refractivity contribution in [2.24, 2.45) is 0 Å². The van der Waals surface area contributed by atoms with Crippen LogP contribution in [0.3, 0.4) is 0 Å². The number of para-hydroxylation sites is 1. The summed E-state index contributed by atoms with van der Waals surface area (Å²) in [7, 11) is 0. The first-order chi connectivity index (χ1) is 10.9. The summed E-state index contributed by atoms with van der Waals surface area (Å²) >= 11 is 5.73. The lowest BCUT2D eigenvalue weighted by molar-refractivity contribution is -0.111. The number of anilines is 1. The van der Waals surface area contributed by atoms with E-state index in [0.717, 1.165) is 16.8 Å². The summed E-state index contributed by atoms with van der Waals surface area (Å²) in [5.41, 5.74) is 3.62. The van der Waals surface area contributed by atoms with E-state index in [4.69, 9.17) is 11.6 Å². The zero-order chi connectivity index (χ0) is 17.0. The van der Waals surface area contributed by atoms with Gasteiger partial charge in [0.1, 0.15) is 5.82 Å². The molecule has 2 aromatic rings. The Balaban J connectivity index is 2.17. The van der Waals surface area contributed by atoms with Crippen molar-refractivity contribution in [3.8, 4) is 0 Å². The van der Waals surface area contributed by atoms with E-state index in [1.165, 1.54) is 18.2 Å². The van der Waals surface area contributed by atoms with Crippen molar-refractivity contribution in [2.45, 2.75) is 26.7 Å². The van der Waals surface area contributed by atoms with Crippen molar-refractivity contribution in [1.82, 2.24) is 0 Å². The Morgan fingerprint density at radius 3 is 2.65 bits per heavy atom. The Morgan fingerprint density at radius 2 is 2.00 bits per heavy atom. The summed E-state index contributed by atoms with van der Waals surface area (Å²) in [6, 6.07) is 10.3. The summed E-state index contributed by atoms with van der Waals surface area (Å²) < 4.78 is 13.1. The van der Waals surface area contributed by atoms with Crippen molar-refractivity contribution in [2.75, 3.05) is 5.32 Å². The Hall–Kier alpha value is -2.13. The van der Waals surface area contributed by atoms with Crippen molar-refractivity contribution in [3.63, 3.8) is 0 Å². The smallest absolute Gasteiger partial charge is 0.248 e. The molecule has 120 valence electrons. The first-order valence-corrected chi connectivity index (χ1v) is 7.80. The number of hydrogen-bond donors (Lipinski definition) is 1. The monoisotopic (exact) mass is 331 g/mol. The summed E-state index contributed by atoms with van der Waals surface area (Å²) in [5, 5.41) is 2.96. The highest BCUT2D eigenvalue weighted by Crippen LogP contribution is 2.27. The maximum Gasteiger partial charge on any atom is 0.248 e. The summed E-state index contributed by atoms with van der Waals surface area (Å²) in [6.45, 7) is 6.13. The van der Waals surface area contributed by atoms with Gasteiger partial charge in [0, 0.05) is 11.8 Å². The molecule has 0 aliphatic heterocycles. The maximum atomic E-state index is 13.1. The predicted molar refractivity (Wildman–Crippen MR) is 94.3 cm³/mol. The van der Waals surface area contributed by atoms with Gasteiger partial charge in [-0.1, -0.05) is 49.7 Å². The van der Waals surface area contributed by atoms with Gasteiger partial charge in [0.15, 0.2) is 0 Å². The van der Waals surface area contributed by atoms with Gasteiger partial charge in [0.2, 0.25) is 5.91 Å². The van der Waals surface area contributed by atoms with Gasteiger partial charge >= 0.3 is 0 Å². The van der Waals surface area contributed by atoms with Crippen LogP contribution in [0.25, 0.3) is 6.08 Å². The van der Waals surface area contributed by atoms with Gasteiger partial charge in [0.05, 0.1) is 5.02 Å². The fourth-order valence-corrected chi connectivity index (χ4v) is 2.48. The highest BCUT2D eigenvalue weighted by atomic mass is 35.5. The van der Waals surface area contributed by atoms with Crippen LogP contribution in [0.4, 0.5) is 10.1 Å². The topological polar surface area (TPSA) is 29.1 Å². The molecule has 0 fully saturated rings. The van der Waals surface area contributed by atoms with Gasteiger partial charge < -0.3 is 5.32 Å². The Morgan fingerprint density at radius 1 is 1.26 bits per heavy atom. The second-order valence-corrected chi connectivity index (χ2v) is 6.10. The molecule has 1 N–H and O–H groups in total. The van der Waals surface area contributed by atoms with Crippen LogP contribution in [0.2, 0.25) is 5.02 Å². The lowest BCUT2D eigenvalue weighted by Gasteiger charge is -2.15. The number of carbonyl (C=O) groups excluding carboxylic acids is 1. The van der Waals surface area contributed by atoms with Gasteiger partial charge in [-0.2, -0.15) is 0 Å². The molecule has 0 unspecified atom stereocenters. The van der Waals surface area contributed by atoms with Gasteiger partial charge in [0.25, 0.3) is 0 Å². The molecule has 0 aliphatic rings. The third-order valence-electron chi connectivity index (χ3n) is 3.55.